The predicted molar refractivity (Wildman–Crippen MR) is 88.0 cm³/mol. The largest absolute Gasteiger partial charge is 0.356 e. The summed E-state index contributed by atoms with van der Waals surface area (Å²) in [5, 5.41) is 3.01. The average molecular weight is 302 g/mol. The van der Waals surface area contributed by atoms with Crippen LogP contribution in [0.3, 0.4) is 0 Å². The molecule has 2 amide bonds. The highest BCUT2D eigenvalue weighted by Gasteiger charge is 2.43. The van der Waals surface area contributed by atoms with Gasteiger partial charge in [0.1, 0.15) is 5.82 Å². The molecule has 5 heteroatoms. The van der Waals surface area contributed by atoms with E-state index in [1.807, 2.05) is 37.1 Å². The highest BCUT2D eigenvalue weighted by molar-refractivity contribution is 5.74. The molecule has 1 atom stereocenters. The van der Waals surface area contributed by atoms with Crippen LogP contribution in [0.5, 0.6) is 0 Å². The minimum Gasteiger partial charge on any atom is -0.356 e. The molecular formula is C17H26N4O. The molecule has 2 aliphatic rings. The molecule has 1 N–H and O–H groups in total. The fraction of sp³-hybridized carbons (Fsp3) is 0.647. The van der Waals surface area contributed by atoms with Gasteiger partial charge in [0.15, 0.2) is 0 Å². The van der Waals surface area contributed by atoms with Crippen molar-refractivity contribution in [2.75, 3.05) is 31.1 Å². The van der Waals surface area contributed by atoms with Crippen LogP contribution in [0.2, 0.25) is 0 Å². The summed E-state index contributed by atoms with van der Waals surface area (Å²) >= 11 is 0. The zero-order chi connectivity index (χ0) is 15.6. The summed E-state index contributed by atoms with van der Waals surface area (Å²) in [5.41, 5.74) is 0.240. The fourth-order valence-electron chi connectivity index (χ4n) is 3.72. The summed E-state index contributed by atoms with van der Waals surface area (Å²) in [5.74, 6) is 1.06. The van der Waals surface area contributed by atoms with Gasteiger partial charge in [0.2, 0.25) is 0 Å². The van der Waals surface area contributed by atoms with Gasteiger partial charge in [0.05, 0.1) is 0 Å². The molecule has 120 valence electrons. The lowest BCUT2D eigenvalue weighted by molar-refractivity contribution is 0.190. The van der Waals surface area contributed by atoms with Gasteiger partial charge in [-0.2, -0.15) is 0 Å². The van der Waals surface area contributed by atoms with Crippen molar-refractivity contribution in [1.82, 2.24) is 15.2 Å². The van der Waals surface area contributed by atoms with Gasteiger partial charge in [-0.1, -0.05) is 6.07 Å². The minimum atomic E-state index is 0.0850. The number of aromatic nitrogens is 1. The van der Waals surface area contributed by atoms with Crippen molar-refractivity contribution >= 4 is 11.8 Å². The molecule has 1 aromatic heterocycles. The van der Waals surface area contributed by atoms with E-state index < -0.39 is 0 Å². The SMILES string of the molecule is CC(C)NC(=O)N1CCC2(CCCN(c3ccccn3)C2)C1. The number of amides is 2. The molecule has 0 aromatic carbocycles. The van der Waals surface area contributed by atoms with Gasteiger partial charge in [0, 0.05) is 43.8 Å². The first kappa shape index (κ1) is 15.1. The summed E-state index contributed by atoms with van der Waals surface area (Å²) in [4.78, 5) is 21.1. The van der Waals surface area contributed by atoms with E-state index in [-0.39, 0.29) is 17.5 Å². The smallest absolute Gasteiger partial charge is 0.317 e. The molecule has 0 aliphatic carbocycles. The van der Waals surface area contributed by atoms with Gasteiger partial charge in [-0.25, -0.2) is 9.78 Å². The molecule has 0 radical (unpaired) electrons. The summed E-state index contributed by atoms with van der Waals surface area (Å²) in [6.07, 6.45) is 5.34. The molecule has 2 saturated heterocycles. The molecule has 5 nitrogen and oxygen atoms in total. The monoisotopic (exact) mass is 302 g/mol. The van der Waals surface area contributed by atoms with Gasteiger partial charge in [0.25, 0.3) is 0 Å². The first-order chi connectivity index (χ1) is 10.6. The second-order valence-electron chi connectivity index (χ2n) is 6.99. The molecule has 0 bridgehead atoms. The summed E-state index contributed by atoms with van der Waals surface area (Å²) in [6, 6.07) is 6.36. The van der Waals surface area contributed by atoms with Crippen LogP contribution < -0.4 is 10.2 Å². The van der Waals surface area contributed by atoms with Crippen molar-refractivity contribution in [2.45, 2.75) is 39.2 Å². The van der Waals surface area contributed by atoms with E-state index in [0.717, 1.165) is 38.4 Å². The van der Waals surface area contributed by atoms with Crippen molar-refractivity contribution in [3.63, 3.8) is 0 Å². The highest BCUT2D eigenvalue weighted by Crippen LogP contribution is 2.39. The van der Waals surface area contributed by atoms with Crippen molar-refractivity contribution in [3.05, 3.63) is 24.4 Å². The van der Waals surface area contributed by atoms with Crippen molar-refractivity contribution in [2.24, 2.45) is 5.41 Å². The predicted octanol–water partition coefficient (Wildman–Crippen LogP) is 2.49. The van der Waals surface area contributed by atoms with Crippen LogP contribution in [0.25, 0.3) is 0 Å². The Balaban J connectivity index is 1.66. The van der Waals surface area contributed by atoms with E-state index in [2.05, 4.69) is 21.3 Å². The second-order valence-corrected chi connectivity index (χ2v) is 6.99. The van der Waals surface area contributed by atoms with Gasteiger partial charge in [-0.3, -0.25) is 0 Å². The van der Waals surface area contributed by atoms with Crippen LogP contribution in [0.1, 0.15) is 33.1 Å². The zero-order valence-corrected chi connectivity index (χ0v) is 13.6. The number of carbonyl (C=O) groups is 1. The fourth-order valence-corrected chi connectivity index (χ4v) is 3.72. The van der Waals surface area contributed by atoms with Crippen LogP contribution in [-0.2, 0) is 0 Å². The standard InChI is InChI=1S/C17H26N4O/c1-14(2)19-16(22)21-11-8-17(13-21)7-5-10-20(12-17)15-6-3-4-9-18-15/h3-4,6,9,14H,5,7-8,10-13H2,1-2H3,(H,19,22). The molecule has 3 heterocycles. The Morgan fingerprint density at radius 2 is 2.14 bits per heavy atom. The maximum absolute atomic E-state index is 12.2. The van der Waals surface area contributed by atoms with E-state index in [0.29, 0.717) is 0 Å². The maximum Gasteiger partial charge on any atom is 0.317 e. The molecule has 22 heavy (non-hydrogen) atoms. The number of hydrogen-bond donors (Lipinski definition) is 1. The number of carbonyl (C=O) groups excluding carboxylic acids is 1. The average Bonchev–Trinajstić information content (AvgIpc) is 2.91. The summed E-state index contributed by atoms with van der Waals surface area (Å²) in [7, 11) is 0. The van der Waals surface area contributed by atoms with Crippen LogP contribution >= 0.6 is 0 Å². The summed E-state index contributed by atoms with van der Waals surface area (Å²) < 4.78 is 0. The van der Waals surface area contributed by atoms with Crippen molar-refractivity contribution in [1.29, 1.82) is 0 Å². The number of hydrogen-bond acceptors (Lipinski definition) is 3. The van der Waals surface area contributed by atoms with Gasteiger partial charge < -0.3 is 15.1 Å². The molecule has 1 aromatic rings. The van der Waals surface area contributed by atoms with E-state index in [4.69, 9.17) is 0 Å². The Bertz CT molecular complexity index is 519. The number of urea groups is 1. The normalized spacial score (nSPS) is 25.0. The number of pyridine rings is 1. The lowest BCUT2D eigenvalue weighted by atomic mass is 9.79. The highest BCUT2D eigenvalue weighted by atomic mass is 16.2. The second kappa shape index (κ2) is 6.15. The Kier molecular flexibility index (Phi) is 4.23. The van der Waals surface area contributed by atoms with Crippen LogP contribution in [0.15, 0.2) is 24.4 Å². The first-order valence-electron chi connectivity index (χ1n) is 8.29. The minimum absolute atomic E-state index is 0.0850. The van der Waals surface area contributed by atoms with Crippen molar-refractivity contribution in [3.8, 4) is 0 Å². The lowest BCUT2D eigenvalue weighted by Crippen LogP contribution is -2.47. The number of nitrogens with zero attached hydrogens (tertiary/aromatic N) is 3. The Morgan fingerprint density at radius 3 is 2.86 bits per heavy atom. The molecule has 3 rings (SSSR count). The van der Waals surface area contributed by atoms with Crippen LogP contribution in [0.4, 0.5) is 10.6 Å². The molecule has 1 unspecified atom stereocenters. The molecule has 0 saturated carbocycles. The quantitative estimate of drug-likeness (QED) is 0.913. The Labute approximate surface area is 132 Å². The third-order valence-corrected chi connectivity index (χ3v) is 4.77. The number of nitrogens with one attached hydrogen (secondary N) is 1. The molecular weight excluding hydrogens is 276 g/mol. The van der Waals surface area contributed by atoms with Gasteiger partial charge >= 0.3 is 6.03 Å². The number of likely N-dealkylation sites (tertiary alicyclic amines) is 1. The lowest BCUT2D eigenvalue weighted by Gasteiger charge is -2.41. The van der Waals surface area contributed by atoms with E-state index >= 15 is 0 Å². The van der Waals surface area contributed by atoms with Crippen LogP contribution in [-0.4, -0.2) is 48.1 Å². The molecule has 2 aliphatic heterocycles. The first-order valence-corrected chi connectivity index (χ1v) is 8.29. The summed E-state index contributed by atoms with van der Waals surface area (Å²) in [6.45, 7) is 7.83. The topological polar surface area (TPSA) is 48.5 Å². The van der Waals surface area contributed by atoms with Gasteiger partial charge in [-0.15, -0.1) is 0 Å². The van der Waals surface area contributed by atoms with Crippen molar-refractivity contribution < 1.29 is 4.79 Å². The number of anilines is 1. The van der Waals surface area contributed by atoms with E-state index in [1.54, 1.807) is 0 Å². The van der Waals surface area contributed by atoms with E-state index in [9.17, 15) is 4.79 Å². The Hall–Kier alpha value is -1.78. The third kappa shape index (κ3) is 3.18. The third-order valence-electron chi connectivity index (χ3n) is 4.77. The molecule has 2 fully saturated rings. The van der Waals surface area contributed by atoms with Gasteiger partial charge in [-0.05, 0) is 45.2 Å². The number of rotatable bonds is 2. The Morgan fingerprint density at radius 1 is 1.27 bits per heavy atom. The van der Waals surface area contributed by atoms with Crippen LogP contribution in [0, 0.1) is 5.41 Å². The molecule has 1 spiro atoms. The van der Waals surface area contributed by atoms with E-state index in [1.165, 1.54) is 12.8 Å². The zero-order valence-electron chi connectivity index (χ0n) is 13.6. The maximum atomic E-state index is 12.2. The number of piperidine rings is 1.